The monoisotopic (exact) mass is 444 g/mol. The normalized spacial score (nSPS) is 10.9. The molecule has 7 nitrogen and oxygen atoms in total. The van der Waals surface area contributed by atoms with Gasteiger partial charge in [0, 0.05) is 29.3 Å². The van der Waals surface area contributed by atoms with Crippen LogP contribution >= 0.6 is 11.3 Å². The highest BCUT2D eigenvalue weighted by atomic mass is 32.1. The number of hydrogen-bond donors (Lipinski definition) is 2. The zero-order valence-electron chi connectivity index (χ0n) is 18.2. The number of hydrogen-bond acceptors (Lipinski definition) is 7. The Morgan fingerprint density at radius 2 is 1.81 bits per heavy atom. The number of anilines is 3. The fraction of sp³-hybridized carbons (Fsp3) is 0.208. The van der Waals surface area contributed by atoms with E-state index < -0.39 is 0 Å². The maximum absolute atomic E-state index is 12.7. The second-order valence-electron chi connectivity index (χ2n) is 7.81. The topological polar surface area (TPSA) is 92.7 Å². The summed E-state index contributed by atoms with van der Waals surface area (Å²) in [5.41, 5.74) is 3.13. The van der Waals surface area contributed by atoms with E-state index in [0.29, 0.717) is 28.3 Å². The Hall–Kier alpha value is -3.65. The molecule has 0 unspecified atom stereocenters. The maximum Gasteiger partial charge on any atom is 0.257 e. The summed E-state index contributed by atoms with van der Waals surface area (Å²) >= 11 is 1.41. The lowest BCUT2D eigenvalue weighted by Gasteiger charge is -2.10. The minimum absolute atomic E-state index is 0.232. The van der Waals surface area contributed by atoms with E-state index in [1.54, 1.807) is 12.1 Å². The number of aryl methyl sites for hydroxylation is 1. The summed E-state index contributed by atoms with van der Waals surface area (Å²) in [7, 11) is 0. The van der Waals surface area contributed by atoms with E-state index in [1.165, 1.54) is 11.3 Å². The standard InChI is InChI=1S/C24H24N6OS/c1-15(2)12-22-29-30-24(32-22)28-23(31)18-10-7-11-19(13-18)27-21-14-20(25-16(3)26-21)17-8-5-4-6-9-17/h4-11,13-15H,12H2,1-3H3,(H,25,26,27)(H,28,30,31). The number of carbonyl (C=O) groups excluding carboxylic acids is 1. The molecule has 0 aliphatic carbocycles. The highest BCUT2D eigenvalue weighted by molar-refractivity contribution is 7.15. The van der Waals surface area contributed by atoms with Gasteiger partial charge in [0.15, 0.2) is 0 Å². The third kappa shape index (κ3) is 5.53. The number of nitrogens with zero attached hydrogens (tertiary/aromatic N) is 4. The molecule has 2 aromatic carbocycles. The molecule has 1 amide bonds. The summed E-state index contributed by atoms with van der Waals surface area (Å²) in [5.74, 6) is 1.58. The van der Waals surface area contributed by atoms with Crippen molar-refractivity contribution in [2.24, 2.45) is 5.92 Å². The van der Waals surface area contributed by atoms with Crippen LogP contribution in [0.2, 0.25) is 0 Å². The van der Waals surface area contributed by atoms with Gasteiger partial charge in [-0.1, -0.05) is 61.6 Å². The summed E-state index contributed by atoms with van der Waals surface area (Å²) in [5, 5.41) is 15.8. The summed E-state index contributed by atoms with van der Waals surface area (Å²) in [4.78, 5) is 21.7. The lowest BCUT2D eigenvalue weighted by atomic mass is 10.1. The van der Waals surface area contributed by atoms with Gasteiger partial charge in [0.05, 0.1) is 5.69 Å². The van der Waals surface area contributed by atoms with Gasteiger partial charge in [-0.2, -0.15) is 0 Å². The number of rotatable bonds is 7. The van der Waals surface area contributed by atoms with E-state index in [1.807, 2.05) is 55.5 Å². The molecule has 8 heteroatoms. The Morgan fingerprint density at radius 3 is 2.59 bits per heavy atom. The van der Waals surface area contributed by atoms with Crippen LogP contribution in [-0.2, 0) is 6.42 Å². The van der Waals surface area contributed by atoms with Gasteiger partial charge in [-0.05, 0) is 31.0 Å². The average Bonchev–Trinajstić information content (AvgIpc) is 3.20. The Bertz CT molecular complexity index is 1220. The SMILES string of the molecule is Cc1nc(Nc2cccc(C(=O)Nc3nnc(CC(C)C)s3)c2)cc(-c2ccccc2)n1. The van der Waals surface area contributed by atoms with Crippen molar-refractivity contribution < 1.29 is 4.79 Å². The summed E-state index contributed by atoms with van der Waals surface area (Å²) in [6.07, 6.45) is 0.844. The van der Waals surface area contributed by atoms with Crippen LogP contribution in [-0.4, -0.2) is 26.1 Å². The molecular formula is C24H24N6OS. The molecule has 0 aliphatic rings. The predicted octanol–water partition coefficient (Wildman–Crippen LogP) is 5.50. The first-order chi connectivity index (χ1) is 15.5. The van der Waals surface area contributed by atoms with Crippen LogP contribution in [0.4, 0.5) is 16.6 Å². The van der Waals surface area contributed by atoms with Crippen molar-refractivity contribution in [3.63, 3.8) is 0 Å². The second-order valence-corrected chi connectivity index (χ2v) is 8.87. The highest BCUT2D eigenvalue weighted by Crippen LogP contribution is 2.23. The smallest absolute Gasteiger partial charge is 0.257 e. The van der Waals surface area contributed by atoms with E-state index >= 15 is 0 Å². The van der Waals surface area contributed by atoms with E-state index in [4.69, 9.17) is 0 Å². The van der Waals surface area contributed by atoms with Crippen molar-refractivity contribution in [3.8, 4) is 11.3 Å². The largest absolute Gasteiger partial charge is 0.340 e. The zero-order chi connectivity index (χ0) is 22.5. The molecule has 2 heterocycles. The number of amides is 1. The molecule has 0 spiro atoms. The average molecular weight is 445 g/mol. The van der Waals surface area contributed by atoms with Gasteiger partial charge in [0.1, 0.15) is 16.6 Å². The van der Waals surface area contributed by atoms with Crippen molar-refractivity contribution in [1.82, 2.24) is 20.2 Å². The minimum atomic E-state index is -0.232. The molecule has 0 fully saturated rings. The first-order valence-electron chi connectivity index (χ1n) is 10.4. The maximum atomic E-state index is 12.7. The molecule has 0 aliphatic heterocycles. The lowest BCUT2D eigenvalue weighted by molar-refractivity contribution is 0.102. The van der Waals surface area contributed by atoms with Crippen LogP contribution in [0, 0.1) is 12.8 Å². The molecule has 2 N–H and O–H groups in total. The van der Waals surface area contributed by atoms with Crippen LogP contribution in [0.3, 0.4) is 0 Å². The molecule has 0 bridgehead atoms. The molecule has 32 heavy (non-hydrogen) atoms. The van der Waals surface area contributed by atoms with Crippen molar-refractivity contribution >= 4 is 33.9 Å². The molecule has 0 saturated heterocycles. The number of benzene rings is 2. The zero-order valence-corrected chi connectivity index (χ0v) is 19.0. The lowest BCUT2D eigenvalue weighted by Crippen LogP contribution is -2.12. The van der Waals surface area contributed by atoms with Gasteiger partial charge in [-0.25, -0.2) is 9.97 Å². The quantitative estimate of drug-likeness (QED) is 0.391. The van der Waals surface area contributed by atoms with Gasteiger partial charge in [0.25, 0.3) is 5.91 Å². The van der Waals surface area contributed by atoms with Gasteiger partial charge < -0.3 is 5.32 Å². The van der Waals surface area contributed by atoms with Gasteiger partial charge in [0.2, 0.25) is 5.13 Å². The summed E-state index contributed by atoms with van der Waals surface area (Å²) in [6.45, 7) is 6.11. The Balaban J connectivity index is 1.49. The van der Waals surface area contributed by atoms with Gasteiger partial charge in [-0.3, -0.25) is 10.1 Å². The van der Waals surface area contributed by atoms with Crippen LogP contribution < -0.4 is 10.6 Å². The number of nitrogens with one attached hydrogen (secondary N) is 2. The van der Waals surface area contributed by atoms with Crippen molar-refractivity contribution in [2.75, 3.05) is 10.6 Å². The Labute approximate surface area is 191 Å². The molecule has 4 rings (SSSR count). The van der Waals surface area contributed by atoms with Crippen molar-refractivity contribution in [3.05, 3.63) is 77.1 Å². The van der Waals surface area contributed by atoms with Gasteiger partial charge in [-0.15, -0.1) is 10.2 Å². The molecule has 162 valence electrons. The Kier molecular flexibility index (Phi) is 6.51. The van der Waals surface area contributed by atoms with Gasteiger partial charge >= 0.3 is 0 Å². The second kappa shape index (κ2) is 9.65. The van der Waals surface area contributed by atoms with Crippen LogP contribution in [0.25, 0.3) is 11.3 Å². The minimum Gasteiger partial charge on any atom is -0.340 e. The molecule has 0 saturated carbocycles. The summed E-state index contributed by atoms with van der Waals surface area (Å²) in [6, 6.07) is 19.1. The molecule has 2 aromatic heterocycles. The molecule has 4 aromatic rings. The van der Waals surface area contributed by atoms with E-state index in [0.717, 1.165) is 28.4 Å². The fourth-order valence-corrected chi connectivity index (χ4v) is 4.13. The third-order valence-corrected chi connectivity index (χ3v) is 5.44. The first kappa shape index (κ1) is 21.6. The first-order valence-corrected chi connectivity index (χ1v) is 11.2. The fourth-order valence-electron chi connectivity index (χ4n) is 3.18. The van der Waals surface area contributed by atoms with Crippen molar-refractivity contribution in [2.45, 2.75) is 27.2 Å². The highest BCUT2D eigenvalue weighted by Gasteiger charge is 2.12. The summed E-state index contributed by atoms with van der Waals surface area (Å²) < 4.78 is 0. The van der Waals surface area contributed by atoms with Crippen LogP contribution in [0.5, 0.6) is 0 Å². The van der Waals surface area contributed by atoms with Crippen LogP contribution in [0.1, 0.15) is 35.0 Å². The molecular weight excluding hydrogens is 420 g/mol. The number of aromatic nitrogens is 4. The van der Waals surface area contributed by atoms with E-state index in [-0.39, 0.29) is 5.91 Å². The van der Waals surface area contributed by atoms with E-state index in [2.05, 4.69) is 44.6 Å². The van der Waals surface area contributed by atoms with Crippen LogP contribution in [0.15, 0.2) is 60.7 Å². The third-order valence-electron chi connectivity index (χ3n) is 4.57. The molecule has 0 radical (unpaired) electrons. The Morgan fingerprint density at radius 1 is 1.00 bits per heavy atom. The predicted molar refractivity (Wildman–Crippen MR) is 128 cm³/mol. The van der Waals surface area contributed by atoms with E-state index in [9.17, 15) is 4.79 Å². The van der Waals surface area contributed by atoms with Crippen molar-refractivity contribution in [1.29, 1.82) is 0 Å². The number of carbonyl (C=O) groups is 1. The molecule has 0 atom stereocenters.